The molecule has 57 heavy (non-hydrogen) atoms. The van der Waals surface area contributed by atoms with Crippen LogP contribution >= 0.6 is 0 Å². The molecule has 3 heterocycles. The molecule has 4 rings (SSSR count). The highest BCUT2D eigenvalue weighted by Crippen LogP contribution is 2.34. The number of benzene rings is 1. The predicted octanol–water partition coefficient (Wildman–Crippen LogP) is 2.30. The van der Waals surface area contributed by atoms with E-state index in [1.165, 1.54) is 76.3 Å². The van der Waals surface area contributed by atoms with Gasteiger partial charge in [-0.15, -0.1) is 0 Å². The summed E-state index contributed by atoms with van der Waals surface area (Å²) >= 11 is 0. The zero-order valence-electron chi connectivity index (χ0n) is 32.8. The number of hydrogen-bond acceptors (Lipinski definition) is 16. The van der Waals surface area contributed by atoms with Crippen LogP contribution in [0.3, 0.4) is 0 Å². The van der Waals surface area contributed by atoms with Crippen LogP contribution in [0.1, 0.15) is 120 Å². The molecule has 0 unspecified atom stereocenters. The Kier molecular flexibility index (Phi) is 20.3. The molecule has 3 fully saturated rings. The Balaban J connectivity index is 1.31. The van der Waals surface area contributed by atoms with Gasteiger partial charge in [-0.25, -0.2) is 4.79 Å². The highest BCUT2D eigenvalue weighted by Gasteiger charge is 2.50. The molecule has 0 bridgehead atoms. The van der Waals surface area contributed by atoms with E-state index in [0.29, 0.717) is 6.42 Å². The third-order valence-electron chi connectivity index (χ3n) is 10.5. The summed E-state index contributed by atoms with van der Waals surface area (Å²) in [5.74, 6) is -2.28. The van der Waals surface area contributed by atoms with Crippen molar-refractivity contribution in [3.63, 3.8) is 0 Å². The Morgan fingerprint density at radius 1 is 0.579 bits per heavy atom. The number of carboxylic acids is 1. The largest absolute Gasteiger partial charge is 0.478 e. The third kappa shape index (κ3) is 14.6. The van der Waals surface area contributed by atoms with Gasteiger partial charge in [0, 0.05) is 6.42 Å². The SMILES string of the molecule is CCCCCCCCCCCCCCCCCC(=O)Oc1cc(C(=O)O)ccc1O[C@@H]1OC[C@H](O)[C@H](O)[C@H]1O[C@@H]1OC[C@H](O)[C@H](O)[C@H]1O[C@@H]1OC[C@H](O)[C@H](O)[C@H]1O. The normalized spacial score (nSPS) is 31.9. The fraction of sp³-hybridized carbons (Fsp3) is 0.800. The second kappa shape index (κ2) is 24.5. The van der Waals surface area contributed by atoms with Crippen molar-refractivity contribution in [2.45, 2.75) is 183 Å². The highest BCUT2D eigenvalue weighted by molar-refractivity contribution is 5.89. The van der Waals surface area contributed by atoms with E-state index >= 15 is 0 Å². The smallest absolute Gasteiger partial charge is 0.335 e. The third-order valence-corrected chi connectivity index (χ3v) is 10.5. The molecular weight excluding hydrogens is 752 g/mol. The minimum absolute atomic E-state index is 0.0789. The van der Waals surface area contributed by atoms with E-state index in [0.717, 1.165) is 31.7 Å². The summed E-state index contributed by atoms with van der Waals surface area (Å²) in [6.07, 6.45) is -1.54. The molecule has 3 saturated heterocycles. The zero-order valence-corrected chi connectivity index (χ0v) is 32.8. The summed E-state index contributed by atoms with van der Waals surface area (Å²) in [5.41, 5.74) is -0.196. The van der Waals surface area contributed by atoms with Gasteiger partial charge in [0.1, 0.15) is 48.8 Å². The van der Waals surface area contributed by atoms with Crippen molar-refractivity contribution in [2.24, 2.45) is 0 Å². The van der Waals surface area contributed by atoms with Gasteiger partial charge in [-0.2, -0.15) is 0 Å². The van der Waals surface area contributed by atoms with Crippen molar-refractivity contribution >= 4 is 11.9 Å². The first kappa shape index (κ1) is 47.2. The Bertz CT molecular complexity index is 1330. The molecular formula is C40H64O17. The van der Waals surface area contributed by atoms with E-state index in [1.54, 1.807) is 0 Å². The molecule has 3 aliphatic rings. The van der Waals surface area contributed by atoms with Crippen LogP contribution in [0, 0.1) is 0 Å². The van der Waals surface area contributed by atoms with Crippen molar-refractivity contribution in [1.29, 1.82) is 0 Å². The number of aromatic carboxylic acids is 1. The van der Waals surface area contributed by atoms with Crippen molar-refractivity contribution < 1.29 is 83.6 Å². The number of rotatable bonds is 24. The average Bonchev–Trinajstić information content (AvgIpc) is 3.19. The van der Waals surface area contributed by atoms with Gasteiger partial charge in [-0.3, -0.25) is 4.79 Å². The van der Waals surface area contributed by atoms with Gasteiger partial charge in [0.05, 0.1) is 25.4 Å². The van der Waals surface area contributed by atoms with Crippen LogP contribution in [0.15, 0.2) is 18.2 Å². The maximum atomic E-state index is 12.9. The lowest BCUT2D eigenvalue weighted by Crippen LogP contribution is -2.63. The van der Waals surface area contributed by atoms with Crippen molar-refractivity contribution in [2.75, 3.05) is 19.8 Å². The minimum Gasteiger partial charge on any atom is -0.478 e. The molecule has 8 N–H and O–H groups in total. The van der Waals surface area contributed by atoms with E-state index in [9.17, 15) is 50.4 Å². The molecule has 3 aliphatic heterocycles. The molecule has 0 amide bonds. The highest BCUT2D eigenvalue weighted by atomic mass is 16.8. The Morgan fingerprint density at radius 3 is 1.58 bits per heavy atom. The maximum absolute atomic E-state index is 12.9. The van der Waals surface area contributed by atoms with Crippen LogP contribution in [0.4, 0.5) is 0 Å². The molecule has 1 aromatic carbocycles. The summed E-state index contributed by atoms with van der Waals surface area (Å²) in [6.45, 7) is 0.914. The minimum atomic E-state index is -1.77. The van der Waals surface area contributed by atoms with Gasteiger partial charge in [0.15, 0.2) is 30.2 Å². The van der Waals surface area contributed by atoms with Crippen LogP contribution in [0.2, 0.25) is 0 Å². The first-order chi connectivity index (χ1) is 27.4. The predicted molar refractivity (Wildman–Crippen MR) is 200 cm³/mol. The van der Waals surface area contributed by atoms with Crippen LogP contribution in [0.25, 0.3) is 0 Å². The molecule has 12 atom stereocenters. The number of aliphatic hydroxyl groups is 7. The van der Waals surface area contributed by atoms with E-state index < -0.39 is 106 Å². The number of hydrogen-bond donors (Lipinski definition) is 8. The Hall–Kier alpha value is -2.52. The Labute approximate surface area is 333 Å². The van der Waals surface area contributed by atoms with Crippen LogP contribution in [-0.4, -0.2) is 146 Å². The van der Waals surface area contributed by atoms with Gasteiger partial charge in [-0.05, 0) is 24.6 Å². The molecule has 0 aliphatic carbocycles. The molecule has 0 radical (unpaired) electrons. The summed E-state index contributed by atoms with van der Waals surface area (Å²) < 4.78 is 39.6. The summed E-state index contributed by atoms with van der Waals surface area (Å²) in [5, 5.41) is 82.5. The quantitative estimate of drug-likeness (QED) is 0.0423. The second-order valence-corrected chi connectivity index (χ2v) is 15.2. The van der Waals surface area contributed by atoms with Crippen molar-refractivity contribution in [1.82, 2.24) is 0 Å². The number of aliphatic hydroxyl groups excluding tert-OH is 7. The van der Waals surface area contributed by atoms with Gasteiger partial charge >= 0.3 is 11.9 Å². The van der Waals surface area contributed by atoms with Gasteiger partial charge in [-0.1, -0.05) is 96.8 Å². The topological polar surface area (TPSA) is 261 Å². The van der Waals surface area contributed by atoms with Gasteiger partial charge < -0.3 is 74.0 Å². The monoisotopic (exact) mass is 816 g/mol. The lowest BCUT2D eigenvalue weighted by molar-refractivity contribution is -0.367. The second-order valence-electron chi connectivity index (χ2n) is 15.2. The fourth-order valence-corrected chi connectivity index (χ4v) is 7.01. The van der Waals surface area contributed by atoms with Gasteiger partial charge in [0.25, 0.3) is 0 Å². The first-order valence-corrected chi connectivity index (χ1v) is 20.6. The molecule has 1 aromatic rings. The standard InChI is InChI=1S/C40H64O17/c1-2-3-4-5-6-7-8-9-10-11-12-13-14-15-16-17-30(44)54-29-20-24(37(49)50)18-19-28(29)55-39-35(32(46)26(42)22-52-39)57-40-36(33(47)27(43)23-53-40)56-38-34(48)31(45)25(41)21-51-38/h18-20,25-27,31-36,38-43,45-48H,2-17,21-23H2,1H3,(H,49,50)/t25-,26-,27-,31-,32-,33-,34+,35+,36+,38-,39-,40-/m0/s1. The molecule has 0 spiro atoms. The van der Waals surface area contributed by atoms with Gasteiger partial charge in [0.2, 0.25) is 6.29 Å². The Morgan fingerprint density at radius 2 is 1.04 bits per heavy atom. The number of unbranched alkanes of at least 4 members (excludes halogenated alkanes) is 14. The zero-order chi connectivity index (χ0) is 41.3. The summed E-state index contributed by atoms with van der Waals surface area (Å²) in [6, 6.07) is 3.56. The van der Waals surface area contributed by atoms with Crippen LogP contribution in [0.5, 0.6) is 11.5 Å². The molecule has 17 nitrogen and oxygen atoms in total. The van der Waals surface area contributed by atoms with E-state index in [4.69, 9.17) is 33.2 Å². The lowest BCUT2D eigenvalue weighted by Gasteiger charge is -2.45. The lowest BCUT2D eigenvalue weighted by atomic mass is 10.0. The van der Waals surface area contributed by atoms with E-state index in [2.05, 4.69) is 6.92 Å². The number of esters is 1. The maximum Gasteiger partial charge on any atom is 0.335 e. The molecule has 326 valence electrons. The van der Waals surface area contributed by atoms with Crippen LogP contribution in [-0.2, 0) is 28.5 Å². The number of carbonyl (C=O) groups excluding carboxylic acids is 1. The number of ether oxygens (including phenoxy) is 7. The molecule has 17 heteroatoms. The number of carbonyl (C=O) groups is 2. The summed E-state index contributed by atoms with van der Waals surface area (Å²) in [4.78, 5) is 24.7. The van der Waals surface area contributed by atoms with Crippen LogP contribution < -0.4 is 9.47 Å². The average molecular weight is 817 g/mol. The first-order valence-electron chi connectivity index (χ1n) is 20.6. The summed E-state index contributed by atoms with van der Waals surface area (Å²) in [7, 11) is 0. The molecule has 0 saturated carbocycles. The molecule has 0 aromatic heterocycles. The van der Waals surface area contributed by atoms with E-state index in [-0.39, 0.29) is 23.5 Å². The van der Waals surface area contributed by atoms with E-state index in [1.807, 2.05) is 0 Å². The number of carboxylic acid groups (broad SMARTS) is 1. The van der Waals surface area contributed by atoms with Crippen molar-refractivity contribution in [3.05, 3.63) is 23.8 Å². The fourth-order valence-electron chi connectivity index (χ4n) is 7.01. The van der Waals surface area contributed by atoms with Crippen molar-refractivity contribution in [3.8, 4) is 11.5 Å².